The Hall–Kier alpha value is 0.271. The van der Waals surface area contributed by atoms with E-state index >= 15 is 0 Å². The summed E-state index contributed by atoms with van der Waals surface area (Å²) in [5.41, 5.74) is 5.39. The van der Waals surface area contributed by atoms with E-state index < -0.39 is 13.2 Å². The number of aliphatic carboxylic acids is 1. The molecule has 34 heavy (non-hydrogen) atoms. The van der Waals surface area contributed by atoms with Crippen LogP contribution >= 0.6 is 15.8 Å². The van der Waals surface area contributed by atoms with Gasteiger partial charge in [-0.25, -0.2) is 0 Å². The summed E-state index contributed by atoms with van der Waals surface area (Å²) in [5, 5.41) is 7.42. The van der Waals surface area contributed by atoms with Crippen LogP contribution in [0.15, 0.2) is 6.58 Å². The number of carboxylic acid groups (broad SMARTS) is 1. The first-order chi connectivity index (χ1) is 15.1. The van der Waals surface area contributed by atoms with E-state index in [1.54, 1.807) is 17.9 Å². The molecule has 0 saturated heterocycles. The molecule has 0 saturated carbocycles. The van der Waals surface area contributed by atoms with Crippen molar-refractivity contribution in [3.05, 3.63) is 13.2 Å². The molecule has 0 aliphatic heterocycles. The van der Waals surface area contributed by atoms with Gasteiger partial charge < -0.3 is 28.9 Å². The summed E-state index contributed by atoms with van der Waals surface area (Å²) in [7, 11) is -5.48. The quantitative estimate of drug-likeness (QED) is 0.129. The van der Waals surface area contributed by atoms with E-state index in [1.807, 2.05) is 6.92 Å². The van der Waals surface area contributed by atoms with Crippen molar-refractivity contribution in [2.75, 3.05) is 0 Å². The van der Waals surface area contributed by atoms with E-state index in [9.17, 15) is 17.3 Å². The van der Waals surface area contributed by atoms with Gasteiger partial charge >= 0.3 is 36.5 Å². The summed E-state index contributed by atoms with van der Waals surface area (Å²) < 4.78 is 41.8. The summed E-state index contributed by atoms with van der Waals surface area (Å²) in [5.74, 6) is -0.833. The van der Waals surface area contributed by atoms with Gasteiger partial charge in [0.1, 0.15) is 0 Å². The van der Waals surface area contributed by atoms with Crippen molar-refractivity contribution in [3.8, 4) is 4.37 Å². The van der Waals surface area contributed by atoms with Crippen LogP contribution < -0.4 is 0 Å². The van der Waals surface area contributed by atoms with Gasteiger partial charge in [0.15, 0.2) is 0 Å². The molecule has 0 spiro atoms. The predicted octanol–water partition coefficient (Wildman–Crippen LogP) is 9.90. The van der Waals surface area contributed by atoms with Crippen molar-refractivity contribution >= 4 is 29.1 Å². The van der Waals surface area contributed by atoms with Gasteiger partial charge in [0.25, 0.3) is 5.97 Å². The topological polar surface area (TPSA) is 37.3 Å². The molecule has 0 aromatic heterocycles. The normalized spacial score (nSPS) is 10.3. The first-order valence-electron chi connectivity index (χ1n) is 11.4. The second kappa shape index (κ2) is 29.5. The van der Waals surface area contributed by atoms with Gasteiger partial charge in [0.2, 0.25) is 0 Å². The average Bonchev–Trinajstić information content (AvgIpc) is 2.53. The molecule has 10 heteroatoms. The zero-order chi connectivity index (χ0) is 29.4. The fourth-order valence-corrected chi connectivity index (χ4v) is 10.7. The van der Waals surface area contributed by atoms with Crippen molar-refractivity contribution in [1.82, 2.24) is 0 Å². The first kappa shape index (κ1) is 47.5. The maximum Gasteiger partial charge on any atom is 0.673 e. The van der Waals surface area contributed by atoms with E-state index in [0.717, 1.165) is 40.9 Å². The fourth-order valence-electron chi connectivity index (χ4n) is 3.58. The fraction of sp³-hybridized carbons (Fsp3) is 0.833. The predicted molar refractivity (Wildman–Crippen MR) is 148 cm³/mol. The maximum absolute atomic E-state index is 9.75. The van der Waals surface area contributed by atoms with Gasteiger partial charge in [0, 0.05) is 6.92 Å². The number of carboxylic acids is 1. The summed E-state index contributed by atoms with van der Waals surface area (Å²) in [4.78, 5) is 9.00. The third-order valence-electron chi connectivity index (χ3n) is 3.58. The van der Waals surface area contributed by atoms with Gasteiger partial charge in [-0.05, 0) is 34.0 Å². The monoisotopic (exact) mass is 713 g/mol. The summed E-state index contributed by atoms with van der Waals surface area (Å²) >= 11 is 1.72. The molecule has 0 aromatic carbocycles. The van der Waals surface area contributed by atoms with Gasteiger partial charge in [-0.1, -0.05) is 98.9 Å². The molecule has 0 aromatic rings. The van der Waals surface area contributed by atoms with Crippen LogP contribution in [0.5, 0.6) is 0 Å². The summed E-state index contributed by atoms with van der Waals surface area (Å²) in [6.07, 6.45) is 0. The summed E-state index contributed by atoms with van der Waals surface area (Å²) in [6, 6.07) is 0. The number of halogens is 4. The molecule has 211 valence electrons. The molecule has 0 bridgehead atoms. The van der Waals surface area contributed by atoms with Crippen LogP contribution in [-0.2, 0) is 22.7 Å². The Labute approximate surface area is 222 Å². The molecular formula is C24H52BF4O2OsP2-2. The smallest absolute Gasteiger partial charge is 0.521 e. The molecule has 0 heterocycles. The number of carbonyl (C=O) groups is 1. The Morgan fingerprint density at radius 3 is 0.794 bits per heavy atom. The van der Waals surface area contributed by atoms with Crippen molar-refractivity contribution in [2.24, 2.45) is 0 Å². The number of hydrogen-bond donors (Lipinski definition) is 1. The van der Waals surface area contributed by atoms with Gasteiger partial charge in [0.05, 0.1) is 0 Å². The molecule has 0 aliphatic rings. The largest absolute Gasteiger partial charge is 0.673 e. The molecule has 0 amide bonds. The van der Waals surface area contributed by atoms with Crippen LogP contribution in [0.2, 0.25) is 0 Å². The Morgan fingerprint density at radius 1 is 0.735 bits per heavy atom. The molecule has 1 N–H and O–H groups in total. The maximum atomic E-state index is 9.75. The van der Waals surface area contributed by atoms with E-state index in [4.69, 9.17) is 9.90 Å². The number of hydrogen-bond acceptors (Lipinski definition) is 1. The minimum Gasteiger partial charge on any atom is -0.521 e. The Bertz CT molecular complexity index is 411. The third kappa shape index (κ3) is 53.6. The SMILES string of the molecule is CC(=O)O.CC(C)P(C(C)C)C(C)C.CC(C)P(C(C)C)C(C)C.C[C]#[Os].F[B-](F)(F)F.[CH-]=C. The van der Waals surface area contributed by atoms with Gasteiger partial charge in [-0.15, -0.1) is 0 Å². The Balaban J connectivity index is -0.0000000759. The van der Waals surface area contributed by atoms with E-state index in [2.05, 4.69) is 101 Å². The minimum atomic E-state index is -6.00. The molecule has 0 unspecified atom stereocenters. The molecule has 0 fully saturated rings. The molecule has 0 rings (SSSR count). The van der Waals surface area contributed by atoms with Crippen molar-refractivity contribution in [2.45, 2.75) is 131 Å². The first-order valence-corrected chi connectivity index (χ1v) is 15.7. The van der Waals surface area contributed by atoms with Crippen LogP contribution in [0, 0.1) is 11.0 Å². The van der Waals surface area contributed by atoms with Crippen LogP contribution in [0.25, 0.3) is 0 Å². The summed E-state index contributed by atoms with van der Waals surface area (Å²) in [6.45, 7) is 38.2. The number of rotatable bonds is 6. The zero-order valence-electron chi connectivity index (χ0n) is 23.9. The molecule has 0 radical (unpaired) electrons. The Morgan fingerprint density at radius 2 is 0.794 bits per heavy atom. The third-order valence-corrected chi connectivity index (χ3v) is 10.7. The van der Waals surface area contributed by atoms with Crippen molar-refractivity contribution in [3.63, 3.8) is 0 Å². The molecule has 0 aliphatic carbocycles. The standard InChI is InChI=1S/2C9H21P.C2H4O2.2C2H3.BF4.Os/c2*1-7(2)10(8(3)4)9(5)6;1-2(3)4;2*1-2;2-1(3,4)5;/h2*7-9H,1-6H3;1H3,(H,3,4);1H3;1H,2H2;;/q;;;;2*-1;. The van der Waals surface area contributed by atoms with Gasteiger partial charge in [-0.3, -0.25) is 11.4 Å². The van der Waals surface area contributed by atoms with Crippen LogP contribution in [0.4, 0.5) is 17.3 Å². The van der Waals surface area contributed by atoms with Crippen molar-refractivity contribution < 1.29 is 45.1 Å². The van der Waals surface area contributed by atoms with E-state index in [-0.39, 0.29) is 15.8 Å². The van der Waals surface area contributed by atoms with E-state index in [0.29, 0.717) is 0 Å². The second-order valence-electron chi connectivity index (χ2n) is 8.65. The van der Waals surface area contributed by atoms with E-state index in [1.165, 1.54) is 0 Å². The second-order valence-corrected chi connectivity index (χ2v) is 17.9. The van der Waals surface area contributed by atoms with Crippen LogP contribution in [0.3, 0.4) is 0 Å². The molecule has 0 atom stereocenters. The average molecular weight is 712 g/mol. The Kier molecular flexibility index (Phi) is 41.2. The van der Waals surface area contributed by atoms with Crippen molar-refractivity contribution in [1.29, 1.82) is 0 Å². The molecule has 2 nitrogen and oxygen atoms in total. The minimum absolute atomic E-state index is 0.262. The van der Waals surface area contributed by atoms with Crippen LogP contribution in [-0.4, -0.2) is 52.3 Å². The molecular weight excluding hydrogens is 659 g/mol. The van der Waals surface area contributed by atoms with Gasteiger partial charge in [-0.2, -0.15) is 0 Å². The zero-order valence-corrected chi connectivity index (χ0v) is 28.3. The van der Waals surface area contributed by atoms with Crippen LogP contribution in [0.1, 0.15) is 96.9 Å².